The summed E-state index contributed by atoms with van der Waals surface area (Å²) in [7, 11) is 0. The average molecular weight is 359 g/mol. The van der Waals surface area contributed by atoms with Crippen LogP contribution in [0.2, 0.25) is 0 Å². The number of rotatable bonds is 6. The Kier molecular flexibility index (Phi) is 5.54. The highest BCUT2D eigenvalue weighted by atomic mass is 32.1. The van der Waals surface area contributed by atoms with Gasteiger partial charge in [-0.3, -0.25) is 4.79 Å². The standard InChI is InChI=1S/C20H26N2O2S/c1-12(2)20-21-13(3)18(25-20)19(24)22-17(15-10-16(23)11-15)9-14-7-5-4-6-8-14/h4-8,12,15-17,23H,9-11H2,1-3H3,(H,22,24)/t15?,16?,17-/m1/s1. The largest absolute Gasteiger partial charge is 0.393 e. The van der Waals surface area contributed by atoms with Gasteiger partial charge in [-0.1, -0.05) is 44.2 Å². The van der Waals surface area contributed by atoms with Gasteiger partial charge in [-0.15, -0.1) is 11.3 Å². The topological polar surface area (TPSA) is 62.2 Å². The van der Waals surface area contributed by atoms with Crippen LogP contribution in [0.5, 0.6) is 0 Å². The second-order valence-corrected chi connectivity index (χ2v) is 8.31. The van der Waals surface area contributed by atoms with Crippen LogP contribution in [-0.4, -0.2) is 28.1 Å². The van der Waals surface area contributed by atoms with E-state index in [4.69, 9.17) is 0 Å². The number of nitrogens with one attached hydrogen (secondary N) is 1. The van der Waals surface area contributed by atoms with Crippen LogP contribution in [-0.2, 0) is 6.42 Å². The summed E-state index contributed by atoms with van der Waals surface area (Å²) in [6.07, 6.45) is 2.09. The van der Waals surface area contributed by atoms with Gasteiger partial charge < -0.3 is 10.4 Å². The van der Waals surface area contributed by atoms with Gasteiger partial charge in [0.15, 0.2) is 0 Å². The Labute approximate surface area is 153 Å². The van der Waals surface area contributed by atoms with Gasteiger partial charge in [-0.25, -0.2) is 4.98 Å². The number of aryl methyl sites for hydroxylation is 1. The molecule has 1 fully saturated rings. The second kappa shape index (κ2) is 7.67. The molecule has 1 atom stereocenters. The van der Waals surface area contributed by atoms with Crippen molar-refractivity contribution >= 4 is 17.2 Å². The Hall–Kier alpha value is -1.72. The predicted octanol–water partition coefficient (Wildman–Crippen LogP) is 3.69. The molecule has 1 aromatic heterocycles. The van der Waals surface area contributed by atoms with Crippen molar-refractivity contribution in [3.63, 3.8) is 0 Å². The third kappa shape index (κ3) is 4.28. The summed E-state index contributed by atoms with van der Waals surface area (Å²) in [6, 6.07) is 10.3. The van der Waals surface area contributed by atoms with Crippen molar-refractivity contribution in [1.82, 2.24) is 10.3 Å². The minimum Gasteiger partial charge on any atom is -0.393 e. The molecule has 0 bridgehead atoms. The fourth-order valence-electron chi connectivity index (χ4n) is 3.27. The fraction of sp³-hybridized carbons (Fsp3) is 0.500. The van der Waals surface area contributed by atoms with Gasteiger partial charge in [-0.05, 0) is 37.7 Å². The summed E-state index contributed by atoms with van der Waals surface area (Å²) >= 11 is 1.49. The monoisotopic (exact) mass is 358 g/mol. The maximum atomic E-state index is 12.8. The van der Waals surface area contributed by atoms with Gasteiger partial charge in [-0.2, -0.15) is 0 Å². The van der Waals surface area contributed by atoms with E-state index < -0.39 is 0 Å². The quantitative estimate of drug-likeness (QED) is 0.828. The van der Waals surface area contributed by atoms with Crippen molar-refractivity contribution in [3.05, 3.63) is 51.5 Å². The summed E-state index contributed by atoms with van der Waals surface area (Å²) in [4.78, 5) is 18.1. The molecule has 1 heterocycles. The molecule has 0 unspecified atom stereocenters. The number of benzene rings is 1. The molecule has 0 saturated heterocycles. The molecule has 1 saturated carbocycles. The van der Waals surface area contributed by atoms with Gasteiger partial charge >= 0.3 is 0 Å². The van der Waals surface area contributed by atoms with Crippen LogP contribution in [0.1, 0.15) is 58.5 Å². The normalized spacial score (nSPS) is 21.0. The van der Waals surface area contributed by atoms with Crippen LogP contribution in [0.15, 0.2) is 30.3 Å². The lowest BCUT2D eigenvalue weighted by atomic mass is 9.75. The van der Waals surface area contributed by atoms with E-state index in [0.29, 0.717) is 16.7 Å². The van der Waals surface area contributed by atoms with Crippen molar-refractivity contribution in [2.75, 3.05) is 0 Å². The lowest BCUT2D eigenvalue weighted by Crippen LogP contribution is -2.48. The minimum atomic E-state index is -0.224. The van der Waals surface area contributed by atoms with E-state index in [1.165, 1.54) is 16.9 Å². The van der Waals surface area contributed by atoms with Crippen molar-refractivity contribution < 1.29 is 9.90 Å². The lowest BCUT2D eigenvalue weighted by Gasteiger charge is -2.38. The molecule has 3 rings (SSSR count). The van der Waals surface area contributed by atoms with Crippen molar-refractivity contribution in [1.29, 1.82) is 0 Å². The summed E-state index contributed by atoms with van der Waals surface area (Å²) < 4.78 is 0. The zero-order chi connectivity index (χ0) is 18.0. The van der Waals surface area contributed by atoms with Crippen molar-refractivity contribution in [2.24, 2.45) is 5.92 Å². The molecule has 1 aliphatic carbocycles. The predicted molar refractivity (Wildman–Crippen MR) is 101 cm³/mol. The highest BCUT2D eigenvalue weighted by Crippen LogP contribution is 2.32. The Balaban J connectivity index is 1.74. The number of aliphatic hydroxyl groups is 1. The number of carbonyl (C=O) groups excluding carboxylic acids is 1. The molecule has 134 valence electrons. The van der Waals surface area contributed by atoms with Gasteiger partial charge in [0.1, 0.15) is 4.88 Å². The number of carbonyl (C=O) groups is 1. The summed E-state index contributed by atoms with van der Waals surface area (Å²) in [5.41, 5.74) is 2.01. The first-order valence-electron chi connectivity index (χ1n) is 8.94. The smallest absolute Gasteiger partial charge is 0.263 e. The first kappa shape index (κ1) is 18.1. The van der Waals surface area contributed by atoms with E-state index in [-0.39, 0.29) is 18.1 Å². The highest BCUT2D eigenvalue weighted by Gasteiger charge is 2.35. The van der Waals surface area contributed by atoms with Crippen LogP contribution in [0.4, 0.5) is 0 Å². The Morgan fingerprint density at radius 3 is 2.56 bits per heavy atom. The SMILES string of the molecule is Cc1nc(C(C)C)sc1C(=O)N[C@H](Cc1ccccc1)C1CC(O)C1. The van der Waals surface area contributed by atoms with Crippen LogP contribution in [0.3, 0.4) is 0 Å². The maximum absolute atomic E-state index is 12.8. The number of aromatic nitrogens is 1. The summed E-state index contributed by atoms with van der Waals surface area (Å²) in [5.74, 6) is 0.619. The van der Waals surface area contributed by atoms with Gasteiger partial charge in [0.05, 0.1) is 16.8 Å². The van der Waals surface area contributed by atoms with Crippen LogP contribution in [0, 0.1) is 12.8 Å². The molecule has 25 heavy (non-hydrogen) atoms. The van der Waals surface area contributed by atoms with Gasteiger partial charge in [0.25, 0.3) is 5.91 Å². The molecule has 2 aromatic rings. The van der Waals surface area contributed by atoms with E-state index in [1.54, 1.807) is 0 Å². The molecule has 0 aliphatic heterocycles. The van der Waals surface area contributed by atoms with E-state index in [2.05, 4.69) is 36.3 Å². The zero-order valence-corrected chi connectivity index (χ0v) is 15.8. The molecule has 1 aliphatic rings. The number of hydrogen-bond donors (Lipinski definition) is 2. The molecular weight excluding hydrogens is 332 g/mol. The number of nitrogens with zero attached hydrogens (tertiary/aromatic N) is 1. The fourth-order valence-corrected chi connectivity index (χ4v) is 4.24. The lowest BCUT2D eigenvalue weighted by molar-refractivity contribution is 0.0239. The van der Waals surface area contributed by atoms with Crippen molar-refractivity contribution in [3.8, 4) is 0 Å². The maximum Gasteiger partial charge on any atom is 0.263 e. The molecular formula is C20H26N2O2S. The molecule has 0 radical (unpaired) electrons. The Bertz CT molecular complexity index is 721. The minimum absolute atomic E-state index is 0.0378. The van der Waals surface area contributed by atoms with Crippen LogP contribution in [0.25, 0.3) is 0 Å². The summed E-state index contributed by atoms with van der Waals surface area (Å²) in [5, 5.41) is 13.9. The molecule has 1 amide bonds. The first-order valence-corrected chi connectivity index (χ1v) is 9.76. The number of thiazole rings is 1. The molecule has 0 spiro atoms. The molecule has 1 aromatic carbocycles. The number of amides is 1. The zero-order valence-electron chi connectivity index (χ0n) is 15.0. The molecule has 2 N–H and O–H groups in total. The number of hydrogen-bond acceptors (Lipinski definition) is 4. The first-order chi connectivity index (χ1) is 11.9. The van der Waals surface area contributed by atoms with E-state index >= 15 is 0 Å². The second-order valence-electron chi connectivity index (χ2n) is 7.28. The highest BCUT2D eigenvalue weighted by molar-refractivity contribution is 7.13. The number of aliphatic hydroxyl groups excluding tert-OH is 1. The van der Waals surface area contributed by atoms with E-state index in [1.807, 2.05) is 25.1 Å². The van der Waals surface area contributed by atoms with Gasteiger partial charge in [0.2, 0.25) is 0 Å². The third-order valence-electron chi connectivity index (χ3n) is 4.85. The molecule has 4 nitrogen and oxygen atoms in total. The van der Waals surface area contributed by atoms with E-state index in [0.717, 1.165) is 30.0 Å². The van der Waals surface area contributed by atoms with Crippen LogP contribution < -0.4 is 5.32 Å². The summed E-state index contributed by atoms with van der Waals surface area (Å²) in [6.45, 7) is 6.08. The van der Waals surface area contributed by atoms with E-state index in [9.17, 15) is 9.90 Å². The Morgan fingerprint density at radius 2 is 2.00 bits per heavy atom. The van der Waals surface area contributed by atoms with Crippen molar-refractivity contribution in [2.45, 2.75) is 58.1 Å². The van der Waals surface area contributed by atoms with Crippen LogP contribution >= 0.6 is 11.3 Å². The molecule has 5 heteroatoms. The third-order valence-corrected chi connectivity index (χ3v) is 6.30. The average Bonchev–Trinajstić information content (AvgIpc) is 2.94. The Morgan fingerprint density at radius 1 is 1.32 bits per heavy atom. The van der Waals surface area contributed by atoms with Gasteiger partial charge in [0, 0.05) is 12.0 Å².